The van der Waals surface area contributed by atoms with Crippen LogP contribution >= 0.6 is 11.3 Å². The van der Waals surface area contributed by atoms with Gasteiger partial charge in [0.25, 0.3) is 11.5 Å². The van der Waals surface area contributed by atoms with Crippen LogP contribution in [0.15, 0.2) is 76.2 Å². The van der Waals surface area contributed by atoms with Gasteiger partial charge in [0, 0.05) is 12.1 Å². The summed E-state index contributed by atoms with van der Waals surface area (Å²) in [5.41, 5.74) is 2.48. The fourth-order valence-electron chi connectivity index (χ4n) is 4.89. The number of fused-ring (bicyclic) bond motifs is 2. The highest BCUT2D eigenvalue weighted by atomic mass is 32.1. The SMILES string of the molecule is C=CCN1C(=O)/C(=c2\sc3n(c2=O)[C@@H](c2ccc(OC)c(OC)c2)C(C(=O)OC)=C(C)N=3)c2ccccc21. The Morgan fingerprint density at radius 1 is 1.11 bits per heavy atom. The molecule has 0 fully saturated rings. The van der Waals surface area contributed by atoms with E-state index in [1.165, 1.54) is 25.9 Å². The fourth-order valence-corrected chi connectivity index (χ4v) is 6.03. The Labute approximate surface area is 222 Å². The molecule has 10 heteroatoms. The zero-order chi connectivity index (χ0) is 27.1. The molecule has 0 saturated heterocycles. The first-order valence-corrected chi connectivity index (χ1v) is 12.5. The van der Waals surface area contributed by atoms with Gasteiger partial charge in [-0.15, -0.1) is 6.58 Å². The quantitative estimate of drug-likeness (QED) is 0.358. The zero-order valence-electron chi connectivity index (χ0n) is 21.3. The van der Waals surface area contributed by atoms with Gasteiger partial charge in [0.15, 0.2) is 16.3 Å². The van der Waals surface area contributed by atoms with Gasteiger partial charge in [0.1, 0.15) is 4.53 Å². The van der Waals surface area contributed by atoms with Gasteiger partial charge in [0.05, 0.1) is 49.9 Å². The molecule has 0 aliphatic carbocycles. The Balaban J connectivity index is 1.83. The average molecular weight is 532 g/mol. The summed E-state index contributed by atoms with van der Waals surface area (Å²) >= 11 is 1.12. The third-order valence-corrected chi connectivity index (χ3v) is 7.64. The van der Waals surface area contributed by atoms with Crippen LogP contribution in [0, 0.1) is 0 Å². The Kier molecular flexibility index (Phi) is 6.50. The summed E-state index contributed by atoms with van der Waals surface area (Å²) in [5.74, 6) is 0.0433. The van der Waals surface area contributed by atoms with E-state index < -0.39 is 17.6 Å². The van der Waals surface area contributed by atoms with Gasteiger partial charge in [-0.2, -0.15) is 0 Å². The van der Waals surface area contributed by atoms with E-state index in [9.17, 15) is 14.4 Å². The number of anilines is 1. The van der Waals surface area contributed by atoms with Crippen molar-refractivity contribution in [3.63, 3.8) is 0 Å². The summed E-state index contributed by atoms with van der Waals surface area (Å²) in [6.45, 7) is 5.76. The molecule has 2 aliphatic heterocycles. The molecule has 0 spiro atoms. The summed E-state index contributed by atoms with van der Waals surface area (Å²) in [5, 5.41) is 0. The third kappa shape index (κ3) is 3.76. The van der Waals surface area contributed by atoms with Gasteiger partial charge in [-0.1, -0.05) is 41.7 Å². The number of allylic oxidation sites excluding steroid dienone is 1. The number of hydrogen-bond acceptors (Lipinski definition) is 8. The molecule has 3 heterocycles. The van der Waals surface area contributed by atoms with Crippen LogP contribution in [0.25, 0.3) is 5.57 Å². The zero-order valence-corrected chi connectivity index (χ0v) is 22.1. The van der Waals surface area contributed by atoms with Crippen LogP contribution in [0.4, 0.5) is 5.69 Å². The van der Waals surface area contributed by atoms with Crippen molar-refractivity contribution in [2.24, 2.45) is 4.99 Å². The lowest BCUT2D eigenvalue weighted by Crippen LogP contribution is -2.40. The summed E-state index contributed by atoms with van der Waals surface area (Å²) in [4.78, 5) is 47.2. The molecule has 0 saturated carbocycles. The molecule has 1 atom stereocenters. The van der Waals surface area contributed by atoms with E-state index in [-0.39, 0.29) is 16.0 Å². The van der Waals surface area contributed by atoms with Crippen LogP contribution in [-0.4, -0.2) is 44.3 Å². The van der Waals surface area contributed by atoms with E-state index in [1.807, 2.05) is 24.3 Å². The molecule has 2 aromatic carbocycles. The molecule has 5 rings (SSSR count). The van der Waals surface area contributed by atoms with E-state index in [1.54, 1.807) is 36.1 Å². The molecule has 38 heavy (non-hydrogen) atoms. The van der Waals surface area contributed by atoms with E-state index in [2.05, 4.69) is 11.6 Å². The molecule has 3 aromatic rings. The Bertz CT molecular complexity index is 1710. The second kappa shape index (κ2) is 9.79. The summed E-state index contributed by atoms with van der Waals surface area (Å²) < 4.78 is 17.6. The van der Waals surface area contributed by atoms with Gasteiger partial charge < -0.3 is 19.1 Å². The Morgan fingerprint density at radius 3 is 2.53 bits per heavy atom. The van der Waals surface area contributed by atoms with Crippen molar-refractivity contribution in [3.8, 4) is 11.5 Å². The summed E-state index contributed by atoms with van der Waals surface area (Å²) in [7, 11) is 4.32. The monoisotopic (exact) mass is 531 g/mol. The van der Waals surface area contributed by atoms with Gasteiger partial charge in [-0.25, -0.2) is 9.79 Å². The standard InChI is InChI=1S/C28H25N3O6S/c1-6-13-30-18-10-8-7-9-17(18)22(25(30)32)24-26(33)31-23(16-11-12-19(35-3)20(14-16)36-4)21(27(34)37-5)15(2)29-28(31)38-24/h6-12,14,23H,1,13H2,2-5H3/b24-22-/t23-/m0/s1. The highest BCUT2D eigenvalue weighted by Gasteiger charge is 2.37. The van der Waals surface area contributed by atoms with Crippen molar-refractivity contribution in [1.82, 2.24) is 4.57 Å². The number of rotatable bonds is 6. The predicted molar refractivity (Wildman–Crippen MR) is 143 cm³/mol. The number of benzene rings is 2. The lowest BCUT2D eigenvalue weighted by atomic mass is 9.95. The number of carbonyl (C=O) groups excluding carboxylic acids is 2. The second-order valence-corrected chi connectivity index (χ2v) is 9.58. The number of amides is 1. The first kappa shape index (κ1) is 25.2. The van der Waals surface area contributed by atoms with Crippen molar-refractivity contribution < 1.29 is 23.8 Å². The number of aromatic nitrogens is 1. The van der Waals surface area contributed by atoms with E-state index in [4.69, 9.17) is 14.2 Å². The maximum atomic E-state index is 14.1. The van der Waals surface area contributed by atoms with Crippen LogP contribution in [0.1, 0.15) is 24.1 Å². The molecular formula is C28H25N3O6S. The van der Waals surface area contributed by atoms with Gasteiger partial charge in [-0.3, -0.25) is 14.2 Å². The minimum Gasteiger partial charge on any atom is -0.493 e. The van der Waals surface area contributed by atoms with Crippen molar-refractivity contribution in [2.75, 3.05) is 32.8 Å². The van der Waals surface area contributed by atoms with Crippen LogP contribution in [0.2, 0.25) is 0 Å². The highest BCUT2D eigenvalue weighted by Crippen LogP contribution is 2.37. The van der Waals surface area contributed by atoms with Crippen molar-refractivity contribution >= 4 is 34.5 Å². The van der Waals surface area contributed by atoms with Crippen LogP contribution in [0.3, 0.4) is 0 Å². The maximum Gasteiger partial charge on any atom is 0.338 e. The van der Waals surface area contributed by atoms with E-state index in [0.29, 0.717) is 50.9 Å². The number of carbonyl (C=O) groups is 2. The third-order valence-electron chi connectivity index (χ3n) is 6.59. The van der Waals surface area contributed by atoms with Gasteiger partial charge >= 0.3 is 5.97 Å². The lowest BCUT2D eigenvalue weighted by molar-refractivity contribution is -0.136. The number of hydrogen-bond donors (Lipinski definition) is 0. The molecule has 0 N–H and O–H groups in total. The largest absolute Gasteiger partial charge is 0.493 e. The Hall–Kier alpha value is -4.44. The molecule has 0 radical (unpaired) electrons. The average Bonchev–Trinajstić information content (AvgIpc) is 3.39. The highest BCUT2D eigenvalue weighted by molar-refractivity contribution is 7.07. The fraction of sp³-hybridized carbons (Fsp3) is 0.214. The smallest absolute Gasteiger partial charge is 0.338 e. The summed E-state index contributed by atoms with van der Waals surface area (Å²) in [6.07, 6.45) is 1.64. The minimum atomic E-state index is -0.858. The summed E-state index contributed by atoms with van der Waals surface area (Å²) in [6, 6.07) is 11.7. The molecule has 194 valence electrons. The van der Waals surface area contributed by atoms with Crippen LogP contribution in [0.5, 0.6) is 11.5 Å². The Morgan fingerprint density at radius 2 is 1.84 bits per heavy atom. The predicted octanol–water partition coefficient (Wildman–Crippen LogP) is 2.33. The van der Waals surface area contributed by atoms with Gasteiger partial charge in [-0.05, 0) is 30.7 Å². The van der Waals surface area contributed by atoms with Crippen molar-refractivity contribution in [3.05, 3.63) is 97.2 Å². The number of esters is 1. The van der Waals surface area contributed by atoms with E-state index >= 15 is 0 Å². The minimum absolute atomic E-state index is 0.218. The molecule has 0 bridgehead atoms. The topological polar surface area (TPSA) is 99.4 Å². The molecule has 2 aliphatic rings. The lowest BCUT2D eigenvalue weighted by Gasteiger charge is -2.25. The molecule has 1 aromatic heterocycles. The molecule has 9 nitrogen and oxygen atoms in total. The second-order valence-electron chi connectivity index (χ2n) is 8.60. The number of thiazole rings is 1. The molecular weight excluding hydrogens is 506 g/mol. The molecule has 1 amide bonds. The number of nitrogens with zero attached hydrogens (tertiary/aromatic N) is 3. The number of ether oxygens (including phenoxy) is 3. The van der Waals surface area contributed by atoms with Gasteiger partial charge in [0.2, 0.25) is 0 Å². The number of methoxy groups -OCH3 is 3. The van der Waals surface area contributed by atoms with Crippen molar-refractivity contribution in [1.29, 1.82) is 0 Å². The van der Waals surface area contributed by atoms with Crippen LogP contribution in [-0.2, 0) is 14.3 Å². The first-order valence-electron chi connectivity index (χ1n) is 11.7. The number of para-hydroxylation sites is 1. The molecule has 0 unspecified atom stereocenters. The van der Waals surface area contributed by atoms with E-state index in [0.717, 1.165) is 11.3 Å². The first-order chi connectivity index (χ1) is 18.4. The van der Waals surface area contributed by atoms with Crippen LogP contribution < -0.4 is 29.3 Å². The maximum absolute atomic E-state index is 14.1. The normalized spacial score (nSPS) is 17.5. The van der Waals surface area contributed by atoms with Crippen molar-refractivity contribution in [2.45, 2.75) is 13.0 Å².